The topological polar surface area (TPSA) is 129 Å². The number of hydrogen-bond donors (Lipinski definition) is 3. The molecule has 5 heterocycles. The van der Waals surface area contributed by atoms with Crippen LogP contribution in [0.25, 0.3) is 55.2 Å². The van der Waals surface area contributed by atoms with Crippen LogP contribution >= 0.6 is 11.3 Å². The Hall–Kier alpha value is -4.70. The molecule has 1 amide bonds. The molecule has 0 aliphatic heterocycles. The van der Waals surface area contributed by atoms with Gasteiger partial charge in [0.05, 0.1) is 45.2 Å². The Bertz CT molecular complexity index is 1890. The third-order valence-corrected chi connectivity index (χ3v) is 7.60. The predicted molar refractivity (Wildman–Crippen MR) is 154 cm³/mol. The van der Waals surface area contributed by atoms with E-state index in [1.165, 1.54) is 11.3 Å². The molecule has 0 radical (unpaired) electrons. The molecule has 0 spiro atoms. The van der Waals surface area contributed by atoms with Crippen LogP contribution in [-0.2, 0) is 4.79 Å². The van der Waals surface area contributed by atoms with E-state index < -0.39 is 5.41 Å². The van der Waals surface area contributed by atoms with Gasteiger partial charge < -0.3 is 10.3 Å². The van der Waals surface area contributed by atoms with E-state index in [1.807, 2.05) is 63.2 Å². The molecule has 9 nitrogen and oxygen atoms in total. The molecule has 0 atom stereocenters. The first-order valence-corrected chi connectivity index (χ1v) is 13.2. The Labute approximate surface area is 227 Å². The molecule has 1 aromatic carbocycles. The third-order valence-electron chi connectivity index (χ3n) is 6.38. The van der Waals surface area contributed by atoms with E-state index in [0.717, 1.165) is 37.9 Å². The van der Waals surface area contributed by atoms with Gasteiger partial charge in [-0.25, -0.2) is 4.98 Å². The first-order chi connectivity index (χ1) is 18.7. The lowest BCUT2D eigenvalue weighted by molar-refractivity contribution is -0.123. The van der Waals surface area contributed by atoms with Crippen molar-refractivity contribution in [3.05, 3.63) is 65.9 Å². The second-order valence-electron chi connectivity index (χ2n) is 10.4. The monoisotopic (exact) mass is 535 g/mol. The lowest BCUT2D eigenvalue weighted by atomic mass is 9.95. The number of ketones is 1. The average Bonchev–Trinajstić information content (AvgIpc) is 3.65. The van der Waals surface area contributed by atoms with Crippen molar-refractivity contribution in [2.75, 3.05) is 5.32 Å². The molecule has 0 fully saturated rings. The lowest BCUT2D eigenvalue weighted by Crippen LogP contribution is -2.27. The molecule has 0 saturated heterocycles. The zero-order chi connectivity index (χ0) is 27.3. The number of carbonyl (C=O) groups excluding carboxylic acids is 2. The Balaban J connectivity index is 1.39. The Morgan fingerprint density at radius 3 is 2.62 bits per heavy atom. The number of Topliss-reactive ketones (excluding diaryl/α,β-unsaturated/α-hetero) is 1. The summed E-state index contributed by atoms with van der Waals surface area (Å²) in [5.41, 5.74) is 5.60. The van der Waals surface area contributed by atoms with Crippen LogP contribution in [0.2, 0.25) is 0 Å². The van der Waals surface area contributed by atoms with Crippen LogP contribution < -0.4 is 5.32 Å². The van der Waals surface area contributed by atoms with Gasteiger partial charge in [-0.15, -0.1) is 11.3 Å². The fourth-order valence-corrected chi connectivity index (χ4v) is 5.16. The molecule has 0 aliphatic rings. The molecule has 0 saturated carbocycles. The highest BCUT2D eigenvalue weighted by atomic mass is 32.1. The van der Waals surface area contributed by atoms with Gasteiger partial charge in [-0.2, -0.15) is 5.10 Å². The van der Waals surface area contributed by atoms with Crippen LogP contribution in [0.4, 0.5) is 5.69 Å². The third kappa shape index (κ3) is 4.59. The number of thiophene rings is 1. The van der Waals surface area contributed by atoms with Crippen LogP contribution in [0.15, 0.2) is 61.1 Å². The highest BCUT2D eigenvalue weighted by Crippen LogP contribution is 2.35. The van der Waals surface area contributed by atoms with Crippen molar-refractivity contribution in [3.63, 3.8) is 0 Å². The molecule has 0 aliphatic carbocycles. The molecule has 10 heteroatoms. The van der Waals surface area contributed by atoms with Gasteiger partial charge in [-0.05, 0) is 37.3 Å². The van der Waals surface area contributed by atoms with Crippen LogP contribution in [0.5, 0.6) is 0 Å². The van der Waals surface area contributed by atoms with Crippen molar-refractivity contribution < 1.29 is 9.59 Å². The maximum atomic E-state index is 12.5. The molecular formula is C29H25N7O2S. The second-order valence-corrected chi connectivity index (χ2v) is 11.4. The number of amides is 1. The molecule has 5 aromatic heterocycles. The predicted octanol–water partition coefficient (Wildman–Crippen LogP) is 6.48. The fourth-order valence-electron chi connectivity index (χ4n) is 4.24. The summed E-state index contributed by atoms with van der Waals surface area (Å²) in [6.45, 7) is 7.16. The maximum absolute atomic E-state index is 12.5. The number of fused-ring (bicyclic) bond motifs is 2. The molecule has 3 N–H and O–H groups in total. The van der Waals surface area contributed by atoms with Gasteiger partial charge in [0.2, 0.25) is 5.91 Å². The fraction of sp³-hybridized carbons (Fsp3) is 0.172. The minimum Gasteiger partial charge on any atom is -0.337 e. The zero-order valence-electron chi connectivity index (χ0n) is 21.8. The van der Waals surface area contributed by atoms with Gasteiger partial charge in [0.25, 0.3) is 0 Å². The summed E-state index contributed by atoms with van der Waals surface area (Å²) >= 11 is 1.46. The Kier molecular flexibility index (Phi) is 5.84. The summed E-state index contributed by atoms with van der Waals surface area (Å²) in [5.74, 6) is 0.575. The first kappa shape index (κ1) is 24.6. The number of benzene rings is 1. The zero-order valence-corrected chi connectivity index (χ0v) is 22.6. The van der Waals surface area contributed by atoms with Crippen molar-refractivity contribution in [2.24, 2.45) is 5.41 Å². The Morgan fingerprint density at radius 2 is 1.85 bits per heavy atom. The number of anilines is 1. The quantitative estimate of drug-likeness (QED) is 0.217. The van der Waals surface area contributed by atoms with Crippen molar-refractivity contribution in [1.82, 2.24) is 30.1 Å². The summed E-state index contributed by atoms with van der Waals surface area (Å²) in [6.07, 6.45) is 5.06. The van der Waals surface area contributed by atoms with Crippen molar-refractivity contribution >= 4 is 50.7 Å². The van der Waals surface area contributed by atoms with E-state index in [0.29, 0.717) is 27.8 Å². The standard InChI is InChI=1S/C29H25N7O2S/c1-15(37)23-8-9-24(39-23)18-6-5-7-20-25(18)34-27(33-20)26-19-11-21(31-14-22(19)35-36-26)16-10-17(13-30-12-16)32-28(38)29(2,3)4/h5-14H,1-4H3,(H,32,38)(H,33,34)(H,35,36). The average molecular weight is 536 g/mol. The van der Waals surface area contributed by atoms with Gasteiger partial charge in [0.1, 0.15) is 5.69 Å². The minimum absolute atomic E-state index is 0.0471. The van der Waals surface area contributed by atoms with Crippen molar-refractivity contribution in [1.29, 1.82) is 0 Å². The van der Waals surface area contributed by atoms with Crippen LogP contribution in [0.3, 0.4) is 0 Å². The van der Waals surface area contributed by atoms with Gasteiger partial charge in [-0.3, -0.25) is 24.7 Å². The number of aromatic amines is 2. The van der Waals surface area contributed by atoms with E-state index in [4.69, 9.17) is 4.98 Å². The largest absolute Gasteiger partial charge is 0.337 e. The molecule has 194 valence electrons. The van der Waals surface area contributed by atoms with Crippen molar-refractivity contribution in [3.8, 4) is 33.2 Å². The van der Waals surface area contributed by atoms with E-state index in [1.54, 1.807) is 25.5 Å². The van der Waals surface area contributed by atoms with E-state index >= 15 is 0 Å². The molecular weight excluding hydrogens is 510 g/mol. The maximum Gasteiger partial charge on any atom is 0.229 e. The van der Waals surface area contributed by atoms with Gasteiger partial charge >= 0.3 is 0 Å². The number of pyridine rings is 2. The summed E-state index contributed by atoms with van der Waals surface area (Å²) in [7, 11) is 0. The number of para-hydroxylation sites is 1. The number of rotatable bonds is 5. The molecule has 6 aromatic rings. The molecule has 0 unspecified atom stereocenters. The summed E-state index contributed by atoms with van der Waals surface area (Å²) < 4.78 is 0. The number of H-pyrrole nitrogens is 2. The summed E-state index contributed by atoms with van der Waals surface area (Å²) in [4.78, 5) is 43.2. The van der Waals surface area contributed by atoms with Crippen LogP contribution in [0.1, 0.15) is 37.4 Å². The number of imidazole rings is 1. The van der Waals surface area contributed by atoms with Crippen molar-refractivity contribution in [2.45, 2.75) is 27.7 Å². The molecule has 6 rings (SSSR count). The second kappa shape index (κ2) is 9.25. The van der Waals surface area contributed by atoms with E-state index in [2.05, 4.69) is 30.5 Å². The number of nitrogens with one attached hydrogen (secondary N) is 3. The smallest absolute Gasteiger partial charge is 0.229 e. The minimum atomic E-state index is -0.523. The normalized spacial score (nSPS) is 11.8. The van der Waals surface area contributed by atoms with Crippen LogP contribution in [-0.4, -0.2) is 41.8 Å². The lowest BCUT2D eigenvalue weighted by Gasteiger charge is -2.17. The SMILES string of the molecule is CC(=O)c1ccc(-c2cccc3[nH]c(-c4n[nH]c5cnc(-c6cncc(NC(=O)C(C)(C)C)c6)cc45)nc23)s1. The first-order valence-electron chi connectivity index (χ1n) is 12.4. The highest BCUT2D eigenvalue weighted by Gasteiger charge is 2.22. The van der Waals surface area contributed by atoms with E-state index in [9.17, 15) is 9.59 Å². The summed E-state index contributed by atoms with van der Waals surface area (Å²) in [6, 6.07) is 13.5. The number of hydrogen-bond acceptors (Lipinski definition) is 7. The molecule has 0 bridgehead atoms. The van der Waals surface area contributed by atoms with Gasteiger partial charge in [0.15, 0.2) is 11.6 Å². The Morgan fingerprint density at radius 1 is 1.00 bits per heavy atom. The van der Waals surface area contributed by atoms with Crippen LogP contribution in [0, 0.1) is 5.41 Å². The molecule has 39 heavy (non-hydrogen) atoms. The summed E-state index contributed by atoms with van der Waals surface area (Å²) in [5, 5.41) is 11.4. The number of carbonyl (C=O) groups is 2. The number of aromatic nitrogens is 6. The highest BCUT2D eigenvalue weighted by molar-refractivity contribution is 7.17. The van der Waals surface area contributed by atoms with Gasteiger partial charge in [-0.1, -0.05) is 32.9 Å². The van der Waals surface area contributed by atoms with Gasteiger partial charge in [0, 0.05) is 33.0 Å². The van der Waals surface area contributed by atoms with E-state index in [-0.39, 0.29) is 11.7 Å². The number of nitrogens with zero attached hydrogens (tertiary/aromatic N) is 4.